The molecule has 5 rings (SSSR count). The van der Waals surface area contributed by atoms with Gasteiger partial charge in [-0.2, -0.15) is 5.10 Å². The van der Waals surface area contributed by atoms with Crippen molar-refractivity contribution in [2.24, 2.45) is 16.3 Å². The monoisotopic (exact) mass is 452 g/mol. The summed E-state index contributed by atoms with van der Waals surface area (Å²) in [6, 6.07) is 3.07. The first-order valence-electron chi connectivity index (χ1n) is 11.2. The molecule has 33 heavy (non-hydrogen) atoms. The number of benzene rings is 1. The minimum atomic E-state index is -0.569. The van der Waals surface area contributed by atoms with Crippen LogP contribution in [0.4, 0.5) is 11.5 Å². The Bertz CT molecular complexity index is 1230. The van der Waals surface area contributed by atoms with Crippen LogP contribution < -0.4 is 9.47 Å². The number of ketones is 1. The highest BCUT2D eigenvalue weighted by Gasteiger charge is 2.49. The molecule has 2 unspecified atom stereocenters. The van der Waals surface area contributed by atoms with Gasteiger partial charge in [0.05, 0.1) is 28.1 Å². The Hall–Kier alpha value is -3.23. The molecule has 2 aromatic rings. The largest absolute Gasteiger partial charge is 0.454 e. The number of fused-ring (bicyclic) bond motifs is 3. The molecule has 3 heterocycles. The molecule has 3 aliphatic rings. The molecule has 174 valence electrons. The van der Waals surface area contributed by atoms with Gasteiger partial charge in [0.15, 0.2) is 17.3 Å². The number of aromatic nitrogens is 2. The van der Waals surface area contributed by atoms with Crippen molar-refractivity contribution in [1.82, 2.24) is 9.78 Å². The molecule has 0 radical (unpaired) electrons. The smallest absolute Gasteiger partial charge is 0.277 e. The van der Waals surface area contributed by atoms with E-state index >= 15 is 0 Å². The van der Waals surface area contributed by atoms with Crippen LogP contribution >= 0.6 is 0 Å². The number of rotatable bonds is 2. The van der Waals surface area contributed by atoms with Gasteiger partial charge < -0.3 is 9.47 Å². The number of hydrogen-bond acceptors (Lipinski definition) is 7. The van der Waals surface area contributed by atoms with Gasteiger partial charge in [-0.15, -0.1) is 0 Å². The Morgan fingerprint density at radius 1 is 1.15 bits per heavy atom. The van der Waals surface area contributed by atoms with Gasteiger partial charge in [-0.05, 0) is 45.6 Å². The fourth-order valence-electron chi connectivity index (χ4n) is 5.38. The van der Waals surface area contributed by atoms with Crippen LogP contribution in [0.25, 0.3) is 0 Å². The average molecular weight is 453 g/mol. The van der Waals surface area contributed by atoms with Crippen LogP contribution in [0.15, 0.2) is 17.1 Å². The third kappa shape index (κ3) is 3.32. The number of aliphatic imine (C=N–C) groups is 1. The number of ether oxygens (including phenoxy) is 2. The maximum Gasteiger partial charge on any atom is 0.277 e. The molecule has 1 aliphatic carbocycles. The minimum absolute atomic E-state index is 0.0100. The van der Waals surface area contributed by atoms with Crippen LogP contribution in [-0.2, 0) is 10.3 Å². The Balaban J connectivity index is 1.82. The Morgan fingerprint density at radius 3 is 2.45 bits per heavy atom. The van der Waals surface area contributed by atoms with E-state index in [2.05, 4.69) is 13.8 Å². The number of aryl methyl sites for hydroxylation is 1. The lowest BCUT2D eigenvalue weighted by Crippen LogP contribution is -2.42. The summed E-state index contributed by atoms with van der Waals surface area (Å²) in [7, 11) is 0. The lowest BCUT2D eigenvalue weighted by Gasteiger charge is -2.40. The fraction of sp³-hybridized carbons (Fsp3) is 0.542. The molecule has 9 heteroatoms. The second-order valence-electron chi connectivity index (χ2n) is 11.0. The highest BCUT2D eigenvalue weighted by molar-refractivity contribution is 6.11. The van der Waals surface area contributed by atoms with Gasteiger partial charge in [-0.25, -0.2) is 9.67 Å². The van der Waals surface area contributed by atoms with E-state index in [9.17, 15) is 14.9 Å². The van der Waals surface area contributed by atoms with Crippen LogP contribution in [-0.4, -0.2) is 33.0 Å². The van der Waals surface area contributed by atoms with E-state index in [0.717, 1.165) is 17.0 Å². The van der Waals surface area contributed by atoms with E-state index < -0.39 is 16.8 Å². The molecule has 1 fully saturated rings. The van der Waals surface area contributed by atoms with Gasteiger partial charge in [-0.3, -0.25) is 14.9 Å². The minimum Gasteiger partial charge on any atom is -0.454 e. The maximum atomic E-state index is 13.5. The van der Waals surface area contributed by atoms with Crippen LogP contribution in [0.1, 0.15) is 70.2 Å². The van der Waals surface area contributed by atoms with Crippen LogP contribution in [0.2, 0.25) is 0 Å². The Morgan fingerprint density at radius 2 is 1.82 bits per heavy atom. The molecule has 2 atom stereocenters. The molecule has 1 saturated carbocycles. The number of nitrogens with zero attached hydrogens (tertiary/aromatic N) is 4. The van der Waals surface area contributed by atoms with Crippen LogP contribution in [0.5, 0.6) is 11.5 Å². The number of carbonyl (C=O) groups is 1. The summed E-state index contributed by atoms with van der Waals surface area (Å²) in [5, 5.41) is 16.9. The quantitative estimate of drug-likeness (QED) is 0.478. The number of carbonyl (C=O) groups excluding carboxylic acids is 1. The molecule has 1 aromatic carbocycles. The number of hydrogen-bond donors (Lipinski definition) is 0. The SMILES string of the molecule is Cc1nn(C(C)(C)C)c2c1C(c1cc3c(cc1[N+](=O)[O-])OCO3)C1C(=O)CC(C)(C)CC1=N2. The zero-order valence-corrected chi connectivity index (χ0v) is 19.8. The van der Waals surface area contributed by atoms with Gasteiger partial charge in [-0.1, -0.05) is 13.8 Å². The molecule has 0 N–H and O–H groups in total. The molecular weight excluding hydrogens is 424 g/mol. The van der Waals surface area contributed by atoms with Crippen molar-refractivity contribution in [2.45, 2.75) is 65.8 Å². The molecule has 0 spiro atoms. The van der Waals surface area contributed by atoms with E-state index in [1.807, 2.05) is 32.4 Å². The van der Waals surface area contributed by atoms with Crippen molar-refractivity contribution in [3.63, 3.8) is 0 Å². The summed E-state index contributed by atoms with van der Waals surface area (Å²) in [5.74, 6) is 0.381. The summed E-state index contributed by atoms with van der Waals surface area (Å²) < 4.78 is 12.8. The van der Waals surface area contributed by atoms with Crippen LogP contribution in [0.3, 0.4) is 0 Å². The summed E-state index contributed by atoms with van der Waals surface area (Å²) >= 11 is 0. The normalized spacial score (nSPS) is 23.1. The van der Waals surface area contributed by atoms with Gasteiger partial charge in [0.1, 0.15) is 5.78 Å². The van der Waals surface area contributed by atoms with Crippen molar-refractivity contribution >= 4 is 23.0 Å². The fourth-order valence-corrected chi connectivity index (χ4v) is 5.38. The van der Waals surface area contributed by atoms with Gasteiger partial charge in [0.25, 0.3) is 5.69 Å². The molecule has 0 saturated heterocycles. The lowest BCUT2D eigenvalue weighted by atomic mass is 9.63. The van der Waals surface area contributed by atoms with Crippen LogP contribution in [0, 0.1) is 28.4 Å². The average Bonchev–Trinajstić information content (AvgIpc) is 3.28. The zero-order valence-electron chi connectivity index (χ0n) is 19.8. The zero-order chi connectivity index (χ0) is 23.9. The molecular formula is C24H28N4O5. The van der Waals surface area contributed by atoms with E-state index in [1.165, 1.54) is 6.07 Å². The Kier molecular flexibility index (Phi) is 4.51. The third-order valence-electron chi connectivity index (χ3n) is 6.68. The number of Topliss-reactive ketones (excluding diaryl/α,β-unsaturated/α-hetero) is 1. The van der Waals surface area contributed by atoms with Crippen molar-refractivity contribution < 1.29 is 19.2 Å². The molecule has 2 aliphatic heterocycles. The van der Waals surface area contributed by atoms with Crippen molar-refractivity contribution in [1.29, 1.82) is 0 Å². The molecule has 0 bridgehead atoms. The first-order valence-corrected chi connectivity index (χ1v) is 11.2. The second-order valence-corrected chi connectivity index (χ2v) is 11.0. The first kappa shape index (κ1) is 21.6. The molecule has 0 amide bonds. The second kappa shape index (κ2) is 6.88. The third-order valence-corrected chi connectivity index (χ3v) is 6.68. The van der Waals surface area contributed by atoms with Crippen molar-refractivity contribution in [3.8, 4) is 11.5 Å². The number of nitro benzene ring substituents is 1. The van der Waals surface area contributed by atoms with Crippen molar-refractivity contribution in [3.05, 3.63) is 39.1 Å². The summed E-state index contributed by atoms with van der Waals surface area (Å²) in [6.45, 7) is 12.1. The predicted molar refractivity (Wildman–Crippen MR) is 122 cm³/mol. The van der Waals surface area contributed by atoms with Gasteiger partial charge in [0.2, 0.25) is 6.79 Å². The summed E-state index contributed by atoms with van der Waals surface area (Å²) in [6.07, 6.45) is 1.04. The summed E-state index contributed by atoms with van der Waals surface area (Å²) in [5.41, 5.74) is 2.03. The topological polar surface area (TPSA) is 109 Å². The maximum absolute atomic E-state index is 13.5. The standard InChI is InChI=1S/C24H28N4O5/c1-12-19-20(13-7-17-18(33-11-32-17)8-15(13)28(30)31)21-14(9-24(5,6)10-16(21)29)25-22(19)27(26-12)23(2,3)4/h7-8,20-21H,9-11H2,1-6H3. The lowest BCUT2D eigenvalue weighted by molar-refractivity contribution is -0.385. The predicted octanol–water partition coefficient (Wildman–Crippen LogP) is 4.81. The Labute approximate surface area is 191 Å². The number of nitro groups is 1. The highest BCUT2D eigenvalue weighted by Crippen LogP contribution is 2.53. The van der Waals surface area contributed by atoms with Gasteiger partial charge >= 0.3 is 0 Å². The van der Waals surface area contributed by atoms with E-state index in [-0.39, 0.29) is 29.2 Å². The highest BCUT2D eigenvalue weighted by atomic mass is 16.7. The van der Waals surface area contributed by atoms with Crippen molar-refractivity contribution in [2.75, 3.05) is 6.79 Å². The van der Waals surface area contributed by atoms with E-state index in [4.69, 9.17) is 19.6 Å². The van der Waals surface area contributed by atoms with Gasteiger partial charge in [0, 0.05) is 29.2 Å². The van der Waals surface area contributed by atoms with E-state index in [0.29, 0.717) is 35.7 Å². The molecule has 9 nitrogen and oxygen atoms in total. The summed E-state index contributed by atoms with van der Waals surface area (Å²) in [4.78, 5) is 30.3. The first-order chi connectivity index (χ1) is 15.4. The van der Waals surface area contributed by atoms with E-state index in [1.54, 1.807) is 6.07 Å². The molecule has 1 aromatic heterocycles.